The lowest BCUT2D eigenvalue weighted by atomic mass is 10.0. The van der Waals surface area contributed by atoms with Crippen molar-refractivity contribution in [3.63, 3.8) is 0 Å². The molecule has 1 heterocycles. The molecule has 2 rings (SSSR count). The van der Waals surface area contributed by atoms with Crippen LogP contribution in [0, 0.1) is 0 Å². The summed E-state index contributed by atoms with van der Waals surface area (Å²) in [4.78, 5) is 23.2. The first-order valence-electron chi connectivity index (χ1n) is 8.83. The van der Waals surface area contributed by atoms with E-state index in [1.54, 1.807) is 10.9 Å². The summed E-state index contributed by atoms with van der Waals surface area (Å²) in [5.74, 6) is -0.870. The normalized spacial score (nSPS) is 13.0. The average molecular weight is 358 g/mol. The van der Waals surface area contributed by atoms with Crippen LogP contribution in [0.4, 0.5) is 4.79 Å². The van der Waals surface area contributed by atoms with Gasteiger partial charge in [0.05, 0.1) is 12.2 Å². The summed E-state index contributed by atoms with van der Waals surface area (Å²) in [5, 5.41) is 18.9. The number of carbonyl (C=O) groups is 2. The molecule has 2 unspecified atom stereocenters. The van der Waals surface area contributed by atoms with Crippen LogP contribution < -0.4 is 10.6 Å². The fourth-order valence-electron chi connectivity index (χ4n) is 2.70. The van der Waals surface area contributed by atoms with Gasteiger partial charge in [-0.15, -0.1) is 0 Å². The Kier molecular flexibility index (Phi) is 7.20. The molecule has 0 saturated carbocycles. The SMILES string of the molecule is CCn1cc(C(C)NC(=O)NC(CCC(=O)O)Cc2ccccc2)cn1. The number of carboxylic acids is 1. The van der Waals surface area contributed by atoms with Crippen molar-refractivity contribution >= 4 is 12.0 Å². The van der Waals surface area contributed by atoms with E-state index in [1.165, 1.54) is 0 Å². The van der Waals surface area contributed by atoms with Crippen LogP contribution in [-0.4, -0.2) is 32.9 Å². The van der Waals surface area contributed by atoms with Crippen molar-refractivity contribution in [2.45, 2.75) is 51.7 Å². The summed E-state index contributed by atoms with van der Waals surface area (Å²) in [6.45, 7) is 4.66. The Hall–Kier alpha value is -2.83. The second-order valence-electron chi connectivity index (χ2n) is 6.29. The van der Waals surface area contributed by atoms with Crippen LogP contribution >= 0.6 is 0 Å². The van der Waals surface area contributed by atoms with E-state index < -0.39 is 5.97 Å². The minimum absolute atomic E-state index is 0.0105. The van der Waals surface area contributed by atoms with Gasteiger partial charge in [0.1, 0.15) is 0 Å². The monoisotopic (exact) mass is 358 g/mol. The van der Waals surface area contributed by atoms with Crippen molar-refractivity contribution in [1.82, 2.24) is 20.4 Å². The number of carboxylic acid groups (broad SMARTS) is 1. The van der Waals surface area contributed by atoms with Crippen LogP contribution in [0.1, 0.15) is 43.9 Å². The molecule has 7 nitrogen and oxygen atoms in total. The van der Waals surface area contributed by atoms with Crippen LogP contribution in [0.3, 0.4) is 0 Å². The Balaban J connectivity index is 1.94. The van der Waals surface area contributed by atoms with Gasteiger partial charge in [0.2, 0.25) is 0 Å². The number of aryl methyl sites for hydroxylation is 1. The van der Waals surface area contributed by atoms with Crippen LogP contribution in [-0.2, 0) is 17.8 Å². The summed E-state index contributed by atoms with van der Waals surface area (Å²) in [6.07, 6.45) is 4.61. The number of aromatic nitrogens is 2. The number of amides is 2. The first kappa shape index (κ1) is 19.5. The average Bonchev–Trinajstić information content (AvgIpc) is 3.10. The zero-order valence-electron chi connectivity index (χ0n) is 15.2. The molecular weight excluding hydrogens is 332 g/mol. The van der Waals surface area contributed by atoms with Gasteiger partial charge in [0.25, 0.3) is 0 Å². The molecule has 0 aliphatic carbocycles. The van der Waals surface area contributed by atoms with Crippen molar-refractivity contribution < 1.29 is 14.7 Å². The van der Waals surface area contributed by atoms with Gasteiger partial charge in [-0.3, -0.25) is 9.48 Å². The van der Waals surface area contributed by atoms with Gasteiger partial charge >= 0.3 is 12.0 Å². The predicted molar refractivity (Wildman–Crippen MR) is 98.8 cm³/mol. The van der Waals surface area contributed by atoms with E-state index in [1.807, 2.05) is 50.4 Å². The highest BCUT2D eigenvalue weighted by Gasteiger charge is 2.17. The van der Waals surface area contributed by atoms with E-state index in [9.17, 15) is 9.59 Å². The Morgan fingerprint density at radius 1 is 1.23 bits per heavy atom. The highest BCUT2D eigenvalue weighted by molar-refractivity contribution is 5.75. The lowest BCUT2D eigenvalue weighted by molar-refractivity contribution is -0.137. The summed E-state index contributed by atoms with van der Waals surface area (Å²) in [6, 6.07) is 8.96. The minimum Gasteiger partial charge on any atom is -0.481 e. The summed E-state index contributed by atoms with van der Waals surface area (Å²) in [5.41, 5.74) is 1.98. The molecule has 0 spiro atoms. The molecule has 3 N–H and O–H groups in total. The van der Waals surface area contributed by atoms with Crippen LogP contribution in [0.25, 0.3) is 0 Å². The maximum Gasteiger partial charge on any atom is 0.315 e. The minimum atomic E-state index is -0.870. The number of urea groups is 1. The molecule has 1 aromatic carbocycles. The molecule has 0 aliphatic heterocycles. The summed E-state index contributed by atoms with van der Waals surface area (Å²) >= 11 is 0. The van der Waals surface area contributed by atoms with Crippen molar-refractivity contribution in [3.05, 3.63) is 53.9 Å². The van der Waals surface area contributed by atoms with Gasteiger partial charge in [-0.1, -0.05) is 30.3 Å². The molecule has 26 heavy (non-hydrogen) atoms. The molecule has 0 saturated heterocycles. The second kappa shape index (κ2) is 9.60. The number of aliphatic carboxylic acids is 1. The number of hydrogen-bond donors (Lipinski definition) is 3. The van der Waals surface area contributed by atoms with Crippen molar-refractivity contribution in [2.24, 2.45) is 0 Å². The molecule has 7 heteroatoms. The molecule has 0 fully saturated rings. The van der Waals surface area contributed by atoms with Gasteiger partial charge in [-0.25, -0.2) is 4.79 Å². The Morgan fingerprint density at radius 2 is 1.96 bits per heavy atom. The standard InChI is InChI=1S/C19H26N4O3/c1-3-23-13-16(12-20-23)14(2)21-19(26)22-17(9-10-18(24)25)11-15-7-5-4-6-8-15/h4-8,12-14,17H,3,9-11H2,1-2H3,(H,24,25)(H2,21,22,26). The number of nitrogens with one attached hydrogen (secondary N) is 2. The van der Waals surface area contributed by atoms with Crippen LogP contribution in [0.5, 0.6) is 0 Å². The second-order valence-corrected chi connectivity index (χ2v) is 6.29. The fourth-order valence-corrected chi connectivity index (χ4v) is 2.70. The third kappa shape index (κ3) is 6.23. The lowest BCUT2D eigenvalue weighted by Gasteiger charge is -2.20. The third-order valence-electron chi connectivity index (χ3n) is 4.19. The van der Waals surface area contributed by atoms with Gasteiger partial charge in [-0.05, 0) is 32.3 Å². The smallest absolute Gasteiger partial charge is 0.315 e. The van der Waals surface area contributed by atoms with E-state index in [0.717, 1.165) is 17.7 Å². The third-order valence-corrected chi connectivity index (χ3v) is 4.19. The zero-order valence-corrected chi connectivity index (χ0v) is 15.2. The topological polar surface area (TPSA) is 96.2 Å². The summed E-state index contributed by atoms with van der Waals surface area (Å²) in [7, 11) is 0. The van der Waals surface area contributed by atoms with Gasteiger partial charge in [0.15, 0.2) is 0 Å². The van der Waals surface area contributed by atoms with Gasteiger partial charge < -0.3 is 15.7 Å². The molecule has 1 aromatic heterocycles. The number of rotatable bonds is 9. The van der Waals surface area contributed by atoms with Crippen molar-refractivity contribution in [3.8, 4) is 0 Å². The summed E-state index contributed by atoms with van der Waals surface area (Å²) < 4.78 is 1.80. The van der Waals surface area contributed by atoms with Crippen LogP contribution in [0.15, 0.2) is 42.7 Å². The van der Waals surface area contributed by atoms with E-state index in [4.69, 9.17) is 5.11 Å². The molecule has 0 radical (unpaired) electrons. The maximum absolute atomic E-state index is 12.4. The van der Waals surface area contributed by atoms with Crippen LogP contribution in [0.2, 0.25) is 0 Å². The van der Waals surface area contributed by atoms with E-state index in [0.29, 0.717) is 12.8 Å². The highest BCUT2D eigenvalue weighted by Crippen LogP contribution is 2.12. The molecule has 0 bridgehead atoms. The maximum atomic E-state index is 12.4. The lowest BCUT2D eigenvalue weighted by Crippen LogP contribution is -2.44. The van der Waals surface area contributed by atoms with E-state index in [-0.39, 0.29) is 24.5 Å². The molecule has 2 atom stereocenters. The zero-order chi connectivity index (χ0) is 18.9. The van der Waals surface area contributed by atoms with Gasteiger partial charge in [0, 0.05) is 30.8 Å². The molecular formula is C19H26N4O3. The number of carbonyl (C=O) groups excluding carboxylic acids is 1. The van der Waals surface area contributed by atoms with E-state index >= 15 is 0 Å². The Morgan fingerprint density at radius 3 is 2.58 bits per heavy atom. The highest BCUT2D eigenvalue weighted by atomic mass is 16.4. The first-order chi connectivity index (χ1) is 12.5. The Labute approximate surface area is 153 Å². The number of hydrogen-bond acceptors (Lipinski definition) is 3. The molecule has 2 aromatic rings. The first-order valence-corrected chi connectivity index (χ1v) is 8.83. The number of benzene rings is 1. The fraction of sp³-hybridized carbons (Fsp3) is 0.421. The Bertz CT molecular complexity index is 715. The largest absolute Gasteiger partial charge is 0.481 e. The number of nitrogens with zero attached hydrogens (tertiary/aromatic N) is 2. The molecule has 0 aliphatic rings. The van der Waals surface area contributed by atoms with E-state index in [2.05, 4.69) is 15.7 Å². The molecule has 2 amide bonds. The van der Waals surface area contributed by atoms with Crippen molar-refractivity contribution in [1.29, 1.82) is 0 Å². The predicted octanol–water partition coefficient (Wildman–Crippen LogP) is 2.74. The van der Waals surface area contributed by atoms with Gasteiger partial charge in [-0.2, -0.15) is 5.10 Å². The molecule has 140 valence electrons. The quantitative estimate of drug-likeness (QED) is 0.642. The van der Waals surface area contributed by atoms with Crippen molar-refractivity contribution in [2.75, 3.05) is 0 Å².